The first-order valence-electron chi connectivity index (χ1n) is 7.06. The Hall–Kier alpha value is -3.02. The molecule has 118 valence electrons. The Balaban J connectivity index is 2.05. The van der Waals surface area contributed by atoms with Crippen LogP contribution in [0.15, 0.2) is 40.8 Å². The number of fused-ring (bicyclic) bond motifs is 1. The number of anilines is 1. The second-order valence-corrected chi connectivity index (χ2v) is 5.02. The summed E-state index contributed by atoms with van der Waals surface area (Å²) in [5, 5.41) is 10.4. The number of hydrogen-bond acceptors (Lipinski definition) is 5. The minimum atomic E-state index is 0.362. The van der Waals surface area contributed by atoms with Gasteiger partial charge >= 0.3 is 0 Å². The van der Waals surface area contributed by atoms with Crippen LogP contribution in [0.5, 0.6) is 11.5 Å². The number of hydrogen-bond donors (Lipinski definition) is 2. The molecule has 6 nitrogen and oxygen atoms in total. The molecule has 0 radical (unpaired) electrons. The molecule has 1 aromatic heterocycles. The first-order chi connectivity index (χ1) is 11.1. The Kier molecular flexibility index (Phi) is 3.89. The maximum Gasteiger partial charge on any atom is 0.231 e. The maximum atomic E-state index is 7.49. The normalized spacial score (nSPS) is 10.6. The third kappa shape index (κ3) is 2.96. The molecule has 23 heavy (non-hydrogen) atoms. The summed E-state index contributed by atoms with van der Waals surface area (Å²) in [6.45, 7) is 1.68. The molecular weight excluding hydrogens is 294 g/mol. The molecular formula is C17H17N3O3. The Morgan fingerprint density at radius 2 is 1.96 bits per heavy atom. The van der Waals surface area contributed by atoms with Crippen LogP contribution in [0.4, 0.5) is 5.69 Å². The van der Waals surface area contributed by atoms with Gasteiger partial charge in [-0.15, -0.1) is 0 Å². The van der Waals surface area contributed by atoms with Crippen LogP contribution in [0.3, 0.4) is 0 Å². The minimum Gasteiger partial charge on any atom is -0.497 e. The van der Waals surface area contributed by atoms with Crippen molar-refractivity contribution in [3.63, 3.8) is 0 Å². The van der Waals surface area contributed by atoms with Gasteiger partial charge in [0.05, 0.1) is 25.6 Å². The third-order valence-electron chi connectivity index (χ3n) is 3.36. The largest absolute Gasteiger partial charge is 0.497 e. The first kappa shape index (κ1) is 14.9. The van der Waals surface area contributed by atoms with Crippen molar-refractivity contribution in [3.8, 4) is 23.0 Å². The van der Waals surface area contributed by atoms with Crippen LogP contribution in [0, 0.1) is 5.41 Å². The summed E-state index contributed by atoms with van der Waals surface area (Å²) in [4.78, 5) is 4.50. The molecule has 2 aromatic carbocycles. The summed E-state index contributed by atoms with van der Waals surface area (Å²) in [6, 6.07) is 11.0. The van der Waals surface area contributed by atoms with E-state index in [0.29, 0.717) is 28.8 Å². The van der Waals surface area contributed by atoms with E-state index in [9.17, 15) is 0 Å². The van der Waals surface area contributed by atoms with Gasteiger partial charge in [-0.3, -0.25) is 5.41 Å². The lowest BCUT2D eigenvalue weighted by atomic mass is 10.2. The fourth-order valence-electron chi connectivity index (χ4n) is 2.31. The zero-order valence-corrected chi connectivity index (χ0v) is 13.1. The van der Waals surface area contributed by atoms with E-state index >= 15 is 0 Å². The third-order valence-corrected chi connectivity index (χ3v) is 3.36. The van der Waals surface area contributed by atoms with E-state index in [1.54, 1.807) is 27.2 Å². The number of ether oxygens (including phenoxy) is 2. The van der Waals surface area contributed by atoms with Gasteiger partial charge in [0.15, 0.2) is 5.58 Å². The fourth-order valence-corrected chi connectivity index (χ4v) is 2.31. The molecule has 3 rings (SSSR count). The molecule has 0 aliphatic heterocycles. The molecule has 0 bridgehead atoms. The molecule has 0 saturated carbocycles. The van der Waals surface area contributed by atoms with Gasteiger partial charge in [-0.1, -0.05) is 0 Å². The van der Waals surface area contributed by atoms with Crippen molar-refractivity contribution in [2.75, 3.05) is 19.5 Å². The lowest BCUT2D eigenvalue weighted by Crippen LogP contribution is -2.04. The van der Waals surface area contributed by atoms with E-state index in [1.807, 2.05) is 30.3 Å². The van der Waals surface area contributed by atoms with Gasteiger partial charge in [0.25, 0.3) is 0 Å². The number of aromatic nitrogens is 1. The van der Waals surface area contributed by atoms with Crippen LogP contribution in [0.1, 0.15) is 6.92 Å². The molecule has 0 saturated heterocycles. The Labute approximate surface area is 133 Å². The average molecular weight is 311 g/mol. The van der Waals surface area contributed by atoms with Crippen LogP contribution in [0.25, 0.3) is 22.6 Å². The van der Waals surface area contributed by atoms with E-state index in [-0.39, 0.29) is 0 Å². The molecule has 0 fully saturated rings. The van der Waals surface area contributed by atoms with Crippen LogP contribution in [0.2, 0.25) is 0 Å². The van der Waals surface area contributed by atoms with Crippen molar-refractivity contribution in [1.29, 1.82) is 5.41 Å². The Morgan fingerprint density at radius 1 is 1.13 bits per heavy atom. The van der Waals surface area contributed by atoms with Gasteiger partial charge < -0.3 is 19.2 Å². The van der Waals surface area contributed by atoms with Crippen molar-refractivity contribution in [2.24, 2.45) is 0 Å². The van der Waals surface area contributed by atoms with Crippen LogP contribution < -0.4 is 14.8 Å². The van der Waals surface area contributed by atoms with E-state index in [2.05, 4.69) is 10.3 Å². The zero-order chi connectivity index (χ0) is 16.4. The minimum absolute atomic E-state index is 0.362. The quantitative estimate of drug-likeness (QED) is 0.564. The summed E-state index contributed by atoms with van der Waals surface area (Å²) < 4.78 is 16.4. The predicted molar refractivity (Wildman–Crippen MR) is 89.6 cm³/mol. The summed E-state index contributed by atoms with van der Waals surface area (Å²) in [5.74, 6) is 2.17. The van der Waals surface area contributed by atoms with Crippen molar-refractivity contribution in [2.45, 2.75) is 6.92 Å². The summed E-state index contributed by atoms with van der Waals surface area (Å²) in [5.41, 5.74) is 2.92. The zero-order valence-electron chi connectivity index (χ0n) is 13.1. The smallest absolute Gasteiger partial charge is 0.231 e. The van der Waals surface area contributed by atoms with Crippen molar-refractivity contribution in [1.82, 2.24) is 4.98 Å². The van der Waals surface area contributed by atoms with Gasteiger partial charge in [-0.05, 0) is 31.2 Å². The van der Waals surface area contributed by atoms with E-state index in [4.69, 9.17) is 19.3 Å². The van der Waals surface area contributed by atoms with Crippen LogP contribution in [-0.2, 0) is 0 Å². The van der Waals surface area contributed by atoms with E-state index in [0.717, 1.165) is 16.8 Å². The highest BCUT2D eigenvalue weighted by molar-refractivity contribution is 5.93. The number of oxazole rings is 1. The topological polar surface area (TPSA) is 80.4 Å². The van der Waals surface area contributed by atoms with E-state index in [1.165, 1.54) is 0 Å². The van der Waals surface area contributed by atoms with Crippen LogP contribution in [-0.4, -0.2) is 25.0 Å². The standard InChI is InChI=1S/C17H17N3O3/c1-10(18)19-11-4-7-14-16(8-11)23-17(20-14)13-6-5-12(21-2)9-15(13)22-3/h4-9H,1-3H3,(H2,18,19). The highest BCUT2D eigenvalue weighted by Crippen LogP contribution is 2.34. The molecule has 0 unspecified atom stereocenters. The SMILES string of the molecule is COc1ccc(-c2nc3ccc(NC(C)=N)cc3o2)c(OC)c1. The molecule has 0 atom stereocenters. The Morgan fingerprint density at radius 3 is 2.65 bits per heavy atom. The summed E-state index contributed by atoms with van der Waals surface area (Å²) in [6.07, 6.45) is 0. The number of methoxy groups -OCH3 is 2. The molecule has 6 heteroatoms. The van der Waals surface area contributed by atoms with Gasteiger partial charge in [-0.2, -0.15) is 0 Å². The lowest BCUT2D eigenvalue weighted by molar-refractivity contribution is 0.394. The molecule has 2 N–H and O–H groups in total. The Bertz CT molecular complexity index is 871. The number of rotatable bonds is 4. The predicted octanol–water partition coefficient (Wildman–Crippen LogP) is 3.92. The molecule has 0 aliphatic carbocycles. The fraction of sp³-hybridized carbons (Fsp3) is 0.176. The average Bonchev–Trinajstić information content (AvgIpc) is 2.96. The van der Waals surface area contributed by atoms with Crippen molar-refractivity contribution in [3.05, 3.63) is 36.4 Å². The van der Waals surface area contributed by atoms with Gasteiger partial charge in [0.2, 0.25) is 5.89 Å². The second kappa shape index (κ2) is 6.00. The first-order valence-corrected chi connectivity index (χ1v) is 7.06. The molecule has 0 amide bonds. The number of nitrogens with zero attached hydrogens (tertiary/aromatic N) is 1. The monoisotopic (exact) mass is 311 g/mol. The van der Waals surface area contributed by atoms with Gasteiger partial charge in [-0.25, -0.2) is 4.98 Å². The number of nitrogens with one attached hydrogen (secondary N) is 2. The molecule has 0 spiro atoms. The van der Waals surface area contributed by atoms with Gasteiger partial charge in [0.1, 0.15) is 17.0 Å². The molecule has 0 aliphatic rings. The molecule has 3 aromatic rings. The van der Waals surface area contributed by atoms with Crippen molar-refractivity contribution < 1.29 is 13.9 Å². The summed E-state index contributed by atoms with van der Waals surface area (Å²) >= 11 is 0. The highest BCUT2D eigenvalue weighted by atomic mass is 16.5. The van der Waals surface area contributed by atoms with Crippen molar-refractivity contribution >= 4 is 22.6 Å². The molecule has 1 heterocycles. The second-order valence-electron chi connectivity index (χ2n) is 5.02. The maximum absolute atomic E-state index is 7.49. The van der Waals surface area contributed by atoms with Gasteiger partial charge in [0, 0.05) is 17.8 Å². The lowest BCUT2D eigenvalue weighted by Gasteiger charge is -2.07. The number of benzene rings is 2. The summed E-state index contributed by atoms with van der Waals surface area (Å²) in [7, 11) is 3.20. The highest BCUT2D eigenvalue weighted by Gasteiger charge is 2.14. The van der Waals surface area contributed by atoms with E-state index < -0.39 is 0 Å². The number of amidine groups is 1. The van der Waals surface area contributed by atoms with Crippen LogP contribution >= 0.6 is 0 Å².